The van der Waals surface area contributed by atoms with Gasteiger partial charge in [0.25, 0.3) is 17.5 Å². The zero-order valence-corrected chi connectivity index (χ0v) is 17.9. The molecule has 0 radical (unpaired) electrons. The lowest BCUT2D eigenvalue weighted by Crippen LogP contribution is -2.38. The lowest BCUT2D eigenvalue weighted by atomic mass is 10.1. The highest BCUT2D eigenvalue weighted by Crippen LogP contribution is 2.24. The van der Waals surface area contributed by atoms with Crippen molar-refractivity contribution in [2.75, 3.05) is 11.9 Å². The van der Waals surface area contributed by atoms with Gasteiger partial charge in [0, 0.05) is 18.2 Å². The number of benzene rings is 2. The van der Waals surface area contributed by atoms with Crippen LogP contribution >= 0.6 is 11.6 Å². The number of nitrogens with zero attached hydrogens (tertiary/aromatic N) is 1. The molecule has 164 valence electrons. The molecule has 1 atom stereocenters. The van der Waals surface area contributed by atoms with Crippen molar-refractivity contribution >= 4 is 40.8 Å². The number of rotatable bonds is 8. The number of carbonyl (C=O) groups excluding carboxylic acids is 3. The van der Waals surface area contributed by atoms with Gasteiger partial charge in [-0.1, -0.05) is 37.6 Å². The van der Waals surface area contributed by atoms with Crippen LogP contribution in [0.3, 0.4) is 0 Å². The van der Waals surface area contributed by atoms with E-state index in [1.165, 1.54) is 18.2 Å². The minimum atomic E-state index is -0.793. The van der Waals surface area contributed by atoms with Gasteiger partial charge in [0.1, 0.15) is 0 Å². The van der Waals surface area contributed by atoms with Crippen molar-refractivity contribution in [3.63, 3.8) is 0 Å². The molecule has 2 N–H and O–H groups in total. The topological polar surface area (TPSA) is 128 Å². The summed E-state index contributed by atoms with van der Waals surface area (Å²) in [5.41, 5.74) is -0.0745. The van der Waals surface area contributed by atoms with Gasteiger partial charge < -0.3 is 15.4 Å². The number of esters is 1. The van der Waals surface area contributed by atoms with E-state index in [4.69, 9.17) is 16.3 Å². The molecular formula is C21H22ClN3O6. The summed E-state index contributed by atoms with van der Waals surface area (Å²) in [5, 5.41) is 16.0. The second-order valence-corrected chi connectivity index (χ2v) is 7.50. The lowest BCUT2D eigenvalue weighted by Gasteiger charge is -2.17. The van der Waals surface area contributed by atoms with E-state index in [0.29, 0.717) is 0 Å². The van der Waals surface area contributed by atoms with Crippen LogP contribution in [0.2, 0.25) is 5.02 Å². The number of ether oxygens (including phenoxy) is 1. The van der Waals surface area contributed by atoms with E-state index >= 15 is 0 Å². The third-order valence-corrected chi connectivity index (χ3v) is 4.84. The number of nitro benzene ring substituents is 1. The van der Waals surface area contributed by atoms with Crippen LogP contribution in [0.4, 0.5) is 11.4 Å². The minimum absolute atomic E-state index is 0.00233. The molecule has 0 spiro atoms. The van der Waals surface area contributed by atoms with Gasteiger partial charge in [-0.25, -0.2) is 4.79 Å². The molecular weight excluding hydrogens is 426 g/mol. The first-order chi connectivity index (χ1) is 14.6. The molecule has 0 aliphatic carbocycles. The normalized spacial score (nSPS) is 11.5. The van der Waals surface area contributed by atoms with Gasteiger partial charge in [-0.05, 0) is 31.0 Å². The van der Waals surface area contributed by atoms with E-state index in [2.05, 4.69) is 10.6 Å². The van der Waals surface area contributed by atoms with Gasteiger partial charge in [-0.2, -0.15) is 0 Å². The molecule has 0 aliphatic heterocycles. The van der Waals surface area contributed by atoms with Crippen molar-refractivity contribution in [3.8, 4) is 0 Å². The van der Waals surface area contributed by atoms with E-state index in [0.717, 1.165) is 12.1 Å². The fraction of sp³-hybridized carbons (Fsp3) is 0.286. The maximum atomic E-state index is 12.6. The highest BCUT2D eigenvalue weighted by molar-refractivity contribution is 6.34. The van der Waals surface area contributed by atoms with Gasteiger partial charge in [0.05, 0.1) is 26.8 Å². The predicted molar refractivity (Wildman–Crippen MR) is 115 cm³/mol. The second-order valence-electron chi connectivity index (χ2n) is 7.10. The average molecular weight is 448 g/mol. The SMILES string of the molecule is CC(C)C(C)NC(=O)COC(=O)c1ccccc1NC(=O)c1ccc([N+](=O)[O-])cc1Cl. The quantitative estimate of drug-likeness (QED) is 0.359. The summed E-state index contributed by atoms with van der Waals surface area (Å²) in [5.74, 6) is -1.67. The summed E-state index contributed by atoms with van der Waals surface area (Å²) >= 11 is 5.98. The number of amides is 2. The van der Waals surface area contributed by atoms with Crippen molar-refractivity contribution in [1.29, 1.82) is 0 Å². The standard InChI is InChI=1S/C21H22ClN3O6/c1-12(2)13(3)23-19(26)11-31-21(28)16-6-4-5-7-18(16)24-20(27)15-9-8-14(25(29)30)10-17(15)22/h4-10,12-13H,11H2,1-3H3,(H,23,26)(H,24,27). The Morgan fingerprint density at radius 1 is 1.10 bits per heavy atom. The molecule has 0 fully saturated rings. The maximum Gasteiger partial charge on any atom is 0.340 e. The molecule has 31 heavy (non-hydrogen) atoms. The van der Waals surface area contributed by atoms with Crippen LogP contribution in [0.1, 0.15) is 41.5 Å². The van der Waals surface area contributed by atoms with Gasteiger partial charge in [-0.15, -0.1) is 0 Å². The molecule has 0 heterocycles. The first kappa shape index (κ1) is 23.8. The number of hydrogen-bond donors (Lipinski definition) is 2. The smallest absolute Gasteiger partial charge is 0.340 e. The summed E-state index contributed by atoms with van der Waals surface area (Å²) in [4.78, 5) is 47.1. The maximum absolute atomic E-state index is 12.6. The van der Waals surface area contributed by atoms with Gasteiger partial charge in [-0.3, -0.25) is 19.7 Å². The van der Waals surface area contributed by atoms with Crippen LogP contribution in [0.25, 0.3) is 0 Å². The van der Waals surface area contributed by atoms with E-state index in [9.17, 15) is 24.5 Å². The number of non-ortho nitro benzene ring substituents is 1. The molecule has 0 aliphatic rings. The van der Waals surface area contributed by atoms with Crippen molar-refractivity contribution < 1.29 is 24.0 Å². The first-order valence-corrected chi connectivity index (χ1v) is 9.78. The zero-order chi connectivity index (χ0) is 23.1. The lowest BCUT2D eigenvalue weighted by molar-refractivity contribution is -0.384. The van der Waals surface area contributed by atoms with Crippen molar-refractivity contribution in [2.45, 2.75) is 26.8 Å². The highest BCUT2D eigenvalue weighted by atomic mass is 35.5. The van der Waals surface area contributed by atoms with E-state index in [1.54, 1.807) is 12.1 Å². The van der Waals surface area contributed by atoms with Crippen LogP contribution in [0.15, 0.2) is 42.5 Å². The number of para-hydroxylation sites is 1. The molecule has 0 saturated heterocycles. The largest absolute Gasteiger partial charge is 0.452 e. The second kappa shape index (κ2) is 10.5. The molecule has 2 aromatic rings. The Balaban J connectivity index is 2.09. The summed E-state index contributed by atoms with van der Waals surface area (Å²) in [6, 6.07) is 9.44. The number of nitro groups is 1. The third-order valence-electron chi connectivity index (χ3n) is 4.53. The molecule has 2 aromatic carbocycles. The van der Waals surface area contributed by atoms with Gasteiger partial charge >= 0.3 is 5.97 Å². The molecule has 9 nitrogen and oxygen atoms in total. The Morgan fingerprint density at radius 2 is 1.77 bits per heavy atom. The first-order valence-electron chi connectivity index (χ1n) is 9.41. The zero-order valence-electron chi connectivity index (χ0n) is 17.2. The molecule has 2 amide bonds. The highest BCUT2D eigenvalue weighted by Gasteiger charge is 2.20. The van der Waals surface area contributed by atoms with E-state index in [-0.39, 0.29) is 39.5 Å². The molecule has 10 heteroatoms. The Hall–Kier alpha value is -3.46. The third kappa shape index (κ3) is 6.51. The molecule has 0 saturated carbocycles. The summed E-state index contributed by atoms with van der Waals surface area (Å²) in [6.07, 6.45) is 0. The number of hydrogen-bond acceptors (Lipinski definition) is 6. The Morgan fingerprint density at radius 3 is 2.39 bits per heavy atom. The number of nitrogens with one attached hydrogen (secondary N) is 2. The predicted octanol–water partition coefficient (Wildman–Crippen LogP) is 3.82. The van der Waals surface area contributed by atoms with Crippen LogP contribution in [0.5, 0.6) is 0 Å². The number of carbonyl (C=O) groups is 3. The Bertz CT molecular complexity index is 1010. The van der Waals surface area contributed by atoms with Gasteiger partial charge in [0.2, 0.25) is 0 Å². The van der Waals surface area contributed by atoms with E-state index < -0.39 is 29.3 Å². The molecule has 0 aromatic heterocycles. The minimum Gasteiger partial charge on any atom is -0.452 e. The number of anilines is 1. The average Bonchev–Trinajstić information content (AvgIpc) is 2.72. The van der Waals surface area contributed by atoms with Crippen LogP contribution in [-0.2, 0) is 9.53 Å². The Labute approximate surface area is 183 Å². The Kier molecular flexibility index (Phi) is 8.09. The van der Waals surface area contributed by atoms with Crippen LogP contribution in [0, 0.1) is 16.0 Å². The monoisotopic (exact) mass is 447 g/mol. The van der Waals surface area contributed by atoms with Crippen molar-refractivity contribution in [3.05, 3.63) is 68.7 Å². The molecule has 0 bridgehead atoms. The molecule has 1 unspecified atom stereocenters. The summed E-state index contributed by atoms with van der Waals surface area (Å²) in [6.45, 7) is 5.28. The molecule has 2 rings (SSSR count). The summed E-state index contributed by atoms with van der Waals surface area (Å²) in [7, 11) is 0. The van der Waals surface area contributed by atoms with E-state index in [1.807, 2.05) is 20.8 Å². The van der Waals surface area contributed by atoms with Crippen molar-refractivity contribution in [2.24, 2.45) is 5.92 Å². The fourth-order valence-corrected chi connectivity index (χ4v) is 2.69. The van der Waals surface area contributed by atoms with Crippen LogP contribution < -0.4 is 10.6 Å². The van der Waals surface area contributed by atoms with Gasteiger partial charge in [0.15, 0.2) is 6.61 Å². The fourth-order valence-electron chi connectivity index (χ4n) is 2.43. The number of halogens is 1. The summed E-state index contributed by atoms with van der Waals surface area (Å²) < 4.78 is 5.06. The van der Waals surface area contributed by atoms with Crippen molar-refractivity contribution in [1.82, 2.24) is 5.32 Å². The van der Waals surface area contributed by atoms with Crippen LogP contribution in [-0.4, -0.2) is 35.4 Å².